The number of nitrogens with one attached hydrogen (secondary N) is 1. The van der Waals surface area contributed by atoms with E-state index in [4.69, 9.17) is 27.9 Å². The topological polar surface area (TPSA) is 51.2 Å². The maximum atomic E-state index is 12.3. The molecule has 0 atom stereocenters. The Labute approximate surface area is 175 Å². The molecule has 0 saturated carbocycles. The first-order chi connectivity index (χ1) is 13.1. The largest absolute Gasteiger partial charge is 0.485 e. The molecular weight excluding hydrogens is 423 g/mol. The smallest absolute Gasteiger partial charge is 0.234 e. The van der Waals surface area contributed by atoms with Gasteiger partial charge in [0.15, 0.2) is 0 Å². The van der Waals surface area contributed by atoms with Crippen molar-refractivity contribution in [2.45, 2.75) is 12.4 Å². The number of halogens is 2. The van der Waals surface area contributed by atoms with Crippen LogP contribution in [0.5, 0.6) is 5.75 Å². The highest BCUT2D eigenvalue weighted by molar-refractivity contribution is 7.99. The van der Waals surface area contributed by atoms with Gasteiger partial charge < -0.3 is 10.1 Å². The van der Waals surface area contributed by atoms with Crippen LogP contribution in [0.3, 0.4) is 0 Å². The third-order valence-corrected chi connectivity index (χ3v) is 5.73. The Morgan fingerprint density at radius 2 is 2.07 bits per heavy atom. The lowest BCUT2D eigenvalue weighted by molar-refractivity contribution is -0.113. The predicted molar refractivity (Wildman–Crippen MR) is 114 cm³/mol. The second kappa shape index (κ2) is 9.99. The van der Waals surface area contributed by atoms with Gasteiger partial charge in [0.25, 0.3) is 0 Å². The molecule has 1 amide bonds. The number of hydrogen-bond acceptors (Lipinski definition) is 5. The molecule has 4 nitrogen and oxygen atoms in total. The molecule has 0 saturated heterocycles. The van der Waals surface area contributed by atoms with E-state index < -0.39 is 0 Å². The van der Waals surface area contributed by atoms with Crippen LogP contribution >= 0.6 is 46.3 Å². The number of thioether (sulfide) groups is 1. The fourth-order valence-electron chi connectivity index (χ4n) is 2.23. The van der Waals surface area contributed by atoms with Gasteiger partial charge in [0.1, 0.15) is 12.4 Å². The second-order valence-corrected chi connectivity index (χ2v) is 8.09. The number of nitrogens with zero attached hydrogens (tertiary/aromatic N) is 1. The molecule has 3 aromatic rings. The van der Waals surface area contributed by atoms with Gasteiger partial charge in [0.2, 0.25) is 5.91 Å². The molecule has 140 valence electrons. The highest BCUT2D eigenvalue weighted by atomic mass is 35.5. The van der Waals surface area contributed by atoms with Crippen molar-refractivity contribution < 1.29 is 9.53 Å². The molecule has 27 heavy (non-hydrogen) atoms. The summed E-state index contributed by atoms with van der Waals surface area (Å²) in [5, 5.41) is 6.03. The normalized spacial score (nSPS) is 10.6. The third-order valence-electron chi connectivity index (χ3n) is 3.53. The number of ether oxygens (including phenoxy) is 1. The van der Waals surface area contributed by atoms with Gasteiger partial charge >= 0.3 is 0 Å². The summed E-state index contributed by atoms with van der Waals surface area (Å²) < 4.78 is 5.78. The lowest BCUT2D eigenvalue weighted by Gasteiger charge is -2.12. The van der Waals surface area contributed by atoms with E-state index in [9.17, 15) is 4.79 Å². The summed E-state index contributed by atoms with van der Waals surface area (Å²) >= 11 is 15.0. The van der Waals surface area contributed by atoms with E-state index in [0.717, 1.165) is 11.3 Å². The summed E-state index contributed by atoms with van der Waals surface area (Å²) in [6.45, 7) is 0.361. The Hall–Kier alpha value is -1.73. The van der Waals surface area contributed by atoms with E-state index in [1.165, 1.54) is 23.1 Å². The van der Waals surface area contributed by atoms with E-state index >= 15 is 0 Å². The number of hydrogen-bond donors (Lipinski definition) is 1. The molecule has 1 heterocycles. The quantitative estimate of drug-likeness (QED) is 0.475. The highest BCUT2D eigenvalue weighted by Crippen LogP contribution is 2.27. The maximum Gasteiger partial charge on any atom is 0.234 e. The lowest BCUT2D eigenvalue weighted by atomic mass is 10.2. The molecule has 1 N–H and O–H groups in total. The van der Waals surface area contributed by atoms with Crippen molar-refractivity contribution in [2.75, 3.05) is 11.1 Å². The monoisotopic (exact) mass is 438 g/mol. The molecule has 1 aromatic heterocycles. The molecule has 2 aromatic carbocycles. The number of amides is 1. The zero-order valence-electron chi connectivity index (χ0n) is 14.2. The summed E-state index contributed by atoms with van der Waals surface area (Å²) in [6, 6.07) is 12.7. The first kappa shape index (κ1) is 20.0. The zero-order chi connectivity index (χ0) is 19.1. The molecule has 0 aliphatic carbocycles. The van der Waals surface area contributed by atoms with Crippen LogP contribution in [-0.4, -0.2) is 16.6 Å². The van der Waals surface area contributed by atoms with E-state index in [2.05, 4.69) is 10.3 Å². The molecule has 0 aliphatic rings. The van der Waals surface area contributed by atoms with Crippen LogP contribution in [0.2, 0.25) is 10.0 Å². The average Bonchev–Trinajstić information content (AvgIpc) is 3.16. The zero-order valence-corrected chi connectivity index (χ0v) is 17.3. The molecule has 8 heteroatoms. The molecule has 0 radical (unpaired) electrons. The number of thiazole rings is 1. The first-order valence-electron chi connectivity index (χ1n) is 8.02. The van der Waals surface area contributed by atoms with E-state index in [0.29, 0.717) is 39.6 Å². The predicted octanol–water partition coefficient (Wildman–Crippen LogP) is 5.90. The standard InChI is InChI=1S/C19H16Cl2N2O2S2/c20-14-6-5-13(16(21)7-14)9-26-11-19(24)23-17-3-1-2-4-18(17)25-8-15-10-27-12-22-15/h1-7,10,12H,8-9,11H2,(H,23,24). The van der Waals surface area contributed by atoms with Gasteiger partial charge in [-0.15, -0.1) is 23.1 Å². The van der Waals surface area contributed by atoms with Crippen LogP contribution in [0.15, 0.2) is 53.4 Å². The van der Waals surface area contributed by atoms with Crippen molar-refractivity contribution in [3.8, 4) is 5.75 Å². The van der Waals surface area contributed by atoms with Crippen LogP contribution in [0.25, 0.3) is 0 Å². The number of anilines is 1. The van der Waals surface area contributed by atoms with Crippen LogP contribution in [0.1, 0.15) is 11.3 Å². The molecule has 0 fully saturated rings. The fraction of sp³-hybridized carbons (Fsp3) is 0.158. The molecule has 3 rings (SSSR count). The van der Waals surface area contributed by atoms with Gasteiger partial charge in [-0.3, -0.25) is 4.79 Å². The van der Waals surface area contributed by atoms with Crippen LogP contribution in [0, 0.1) is 0 Å². The Morgan fingerprint density at radius 1 is 1.22 bits per heavy atom. The Balaban J connectivity index is 1.51. The molecule has 0 aliphatic heterocycles. The van der Waals surface area contributed by atoms with Crippen molar-refractivity contribution in [1.29, 1.82) is 0 Å². The maximum absolute atomic E-state index is 12.3. The first-order valence-corrected chi connectivity index (χ1v) is 10.9. The molecule has 0 spiro atoms. The van der Waals surface area contributed by atoms with E-state index in [1.54, 1.807) is 17.6 Å². The van der Waals surface area contributed by atoms with Crippen molar-refractivity contribution in [3.05, 3.63) is 74.7 Å². The second-order valence-electron chi connectivity index (χ2n) is 5.54. The Kier molecular flexibility index (Phi) is 7.41. The van der Waals surface area contributed by atoms with Crippen LogP contribution in [0.4, 0.5) is 5.69 Å². The Morgan fingerprint density at radius 3 is 2.85 bits per heavy atom. The number of para-hydroxylation sites is 2. The summed E-state index contributed by atoms with van der Waals surface area (Å²) in [4.78, 5) is 16.5. The number of benzene rings is 2. The highest BCUT2D eigenvalue weighted by Gasteiger charge is 2.09. The van der Waals surface area contributed by atoms with Gasteiger partial charge in [0.05, 0.1) is 22.6 Å². The fourth-order valence-corrected chi connectivity index (χ4v) is 4.16. The summed E-state index contributed by atoms with van der Waals surface area (Å²) in [5.74, 6) is 1.45. The lowest BCUT2D eigenvalue weighted by Crippen LogP contribution is -2.15. The summed E-state index contributed by atoms with van der Waals surface area (Å²) in [6.07, 6.45) is 0. The van der Waals surface area contributed by atoms with Gasteiger partial charge in [-0.25, -0.2) is 4.98 Å². The van der Waals surface area contributed by atoms with Crippen LogP contribution in [-0.2, 0) is 17.2 Å². The number of aromatic nitrogens is 1. The van der Waals surface area contributed by atoms with Crippen LogP contribution < -0.4 is 10.1 Å². The van der Waals surface area contributed by atoms with Gasteiger partial charge in [0, 0.05) is 21.2 Å². The SMILES string of the molecule is O=C(CSCc1ccc(Cl)cc1Cl)Nc1ccccc1OCc1cscn1. The van der Waals surface area contributed by atoms with E-state index in [-0.39, 0.29) is 5.91 Å². The number of carbonyl (C=O) groups is 1. The minimum atomic E-state index is -0.102. The summed E-state index contributed by atoms with van der Waals surface area (Å²) in [7, 11) is 0. The van der Waals surface area contributed by atoms with Crippen molar-refractivity contribution in [1.82, 2.24) is 4.98 Å². The van der Waals surface area contributed by atoms with Crippen molar-refractivity contribution in [2.24, 2.45) is 0 Å². The van der Waals surface area contributed by atoms with Gasteiger partial charge in [-0.1, -0.05) is 41.4 Å². The minimum absolute atomic E-state index is 0.102. The number of rotatable bonds is 8. The molecule has 0 unspecified atom stereocenters. The average molecular weight is 439 g/mol. The Bertz CT molecular complexity index is 904. The summed E-state index contributed by atoms with van der Waals surface area (Å²) in [5.41, 5.74) is 4.21. The number of carbonyl (C=O) groups excluding carboxylic acids is 1. The third kappa shape index (κ3) is 6.14. The van der Waals surface area contributed by atoms with Gasteiger partial charge in [-0.05, 0) is 29.8 Å². The van der Waals surface area contributed by atoms with Gasteiger partial charge in [-0.2, -0.15) is 0 Å². The molecule has 0 bridgehead atoms. The van der Waals surface area contributed by atoms with E-state index in [1.807, 2.05) is 35.7 Å². The van der Waals surface area contributed by atoms with Crippen molar-refractivity contribution >= 4 is 57.9 Å². The molecular formula is C19H16Cl2N2O2S2. The van der Waals surface area contributed by atoms with Crippen molar-refractivity contribution in [3.63, 3.8) is 0 Å². The minimum Gasteiger partial charge on any atom is -0.485 e.